The first kappa shape index (κ1) is 13.1. The summed E-state index contributed by atoms with van der Waals surface area (Å²) in [4.78, 5) is 0. The maximum Gasteiger partial charge on any atom is 0.142 e. The predicted octanol–water partition coefficient (Wildman–Crippen LogP) is 4.06. The van der Waals surface area contributed by atoms with Crippen LogP contribution in [0.25, 0.3) is 0 Å². The van der Waals surface area contributed by atoms with Crippen molar-refractivity contribution < 1.29 is 9.50 Å². The fourth-order valence-corrected chi connectivity index (χ4v) is 2.00. The summed E-state index contributed by atoms with van der Waals surface area (Å²) in [7, 11) is 0. The van der Waals surface area contributed by atoms with Crippen LogP contribution < -0.4 is 0 Å². The molecule has 94 valence electrons. The molecular formula is C15H14ClFO. The molecule has 0 aliphatic rings. The van der Waals surface area contributed by atoms with Gasteiger partial charge >= 0.3 is 0 Å². The molecule has 2 aromatic rings. The van der Waals surface area contributed by atoms with Crippen molar-refractivity contribution in [2.24, 2.45) is 0 Å². The topological polar surface area (TPSA) is 20.2 Å². The molecule has 1 N–H and O–H groups in total. The minimum absolute atomic E-state index is 0.101. The van der Waals surface area contributed by atoms with Gasteiger partial charge in [-0.25, -0.2) is 4.39 Å². The van der Waals surface area contributed by atoms with Gasteiger partial charge in [-0.15, -0.1) is 0 Å². The lowest BCUT2D eigenvalue weighted by molar-refractivity contribution is 0.178. The van der Waals surface area contributed by atoms with E-state index in [9.17, 15) is 9.50 Å². The van der Waals surface area contributed by atoms with Gasteiger partial charge in [-0.05, 0) is 30.2 Å². The predicted molar refractivity (Wildman–Crippen MR) is 71.3 cm³/mol. The van der Waals surface area contributed by atoms with Gasteiger partial charge in [0.25, 0.3) is 0 Å². The minimum atomic E-state index is -0.634. The van der Waals surface area contributed by atoms with E-state index < -0.39 is 11.9 Å². The second-order valence-electron chi connectivity index (χ2n) is 4.38. The molecule has 0 aliphatic heterocycles. The SMILES string of the molecule is Cc1cccc(C(O)Cc2ccc(Cl)c(F)c2)c1. The first-order chi connectivity index (χ1) is 8.56. The standard InChI is InChI=1S/C15H14ClFO/c1-10-3-2-4-12(7-10)15(18)9-11-5-6-13(16)14(17)8-11/h2-8,15,18H,9H2,1H3. The quantitative estimate of drug-likeness (QED) is 0.886. The number of hydrogen-bond acceptors (Lipinski definition) is 1. The van der Waals surface area contributed by atoms with Crippen LogP contribution in [0.4, 0.5) is 4.39 Å². The molecule has 0 radical (unpaired) electrons. The molecule has 1 nitrogen and oxygen atoms in total. The number of rotatable bonds is 3. The van der Waals surface area contributed by atoms with E-state index in [2.05, 4.69) is 0 Å². The molecule has 0 aromatic heterocycles. The highest BCUT2D eigenvalue weighted by atomic mass is 35.5. The normalized spacial score (nSPS) is 12.4. The van der Waals surface area contributed by atoms with Crippen LogP contribution in [0.1, 0.15) is 22.8 Å². The van der Waals surface area contributed by atoms with E-state index in [1.54, 1.807) is 6.07 Å². The van der Waals surface area contributed by atoms with E-state index in [-0.39, 0.29) is 5.02 Å². The van der Waals surface area contributed by atoms with Gasteiger partial charge in [0.05, 0.1) is 11.1 Å². The van der Waals surface area contributed by atoms with Gasteiger partial charge in [0.2, 0.25) is 0 Å². The third-order valence-electron chi connectivity index (χ3n) is 2.84. The van der Waals surface area contributed by atoms with Crippen LogP contribution in [0.5, 0.6) is 0 Å². The molecule has 2 aromatic carbocycles. The third kappa shape index (κ3) is 3.09. The van der Waals surface area contributed by atoms with Crippen LogP contribution in [-0.4, -0.2) is 5.11 Å². The highest BCUT2D eigenvalue weighted by molar-refractivity contribution is 6.30. The molecule has 1 unspecified atom stereocenters. The van der Waals surface area contributed by atoms with Crippen molar-refractivity contribution in [3.8, 4) is 0 Å². The van der Waals surface area contributed by atoms with Crippen molar-refractivity contribution in [3.05, 3.63) is 70.0 Å². The number of aryl methyl sites for hydroxylation is 1. The second kappa shape index (κ2) is 5.51. The summed E-state index contributed by atoms with van der Waals surface area (Å²) in [6.45, 7) is 1.97. The Hall–Kier alpha value is -1.38. The molecule has 0 bridgehead atoms. The molecule has 0 amide bonds. The van der Waals surface area contributed by atoms with E-state index in [1.807, 2.05) is 31.2 Å². The first-order valence-corrected chi connectivity index (χ1v) is 6.12. The van der Waals surface area contributed by atoms with Crippen molar-refractivity contribution in [1.29, 1.82) is 0 Å². The van der Waals surface area contributed by atoms with Gasteiger partial charge in [-0.2, -0.15) is 0 Å². The van der Waals surface area contributed by atoms with Crippen molar-refractivity contribution >= 4 is 11.6 Å². The summed E-state index contributed by atoms with van der Waals surface area (Å²) in [6.07, 6.45) is -0.261. The summed E-state index contributed by atoms with van der Waals surface area (Å²) in [5, 5.41) is 10.2. The van der Waals surface area contributed by atoms with E-state index in [4.69, 9.17) is 11.6 Å². The zero-order valence-electron chi connectivity index (χ0n) is 10.0. The largest absolute Gasteiger partial charge is 0.388 e. The Kier molecular flexibility index (Phi) is 4.00. The molecular weight excluding hydrogens is 251 g/mol. The maximum absolute atomic E-state index is 13.3. The van der Waals surface area contributed by atoms with Gasteiger partial charge in [-0.3, -0.25) is 0 Å². The van der Waals surface area contributed by atoms with Gasteiger partial charge in [0.1, 0.15) is 5.82 Å². The highest BCUT2D eigenvalue weighted by Crippen LogP contribution is 2.22. The Morgan fingerprint density at radius 3 is 2.67 bits per heavy atom. The first-order valence-electron chi connectivity index (χ1n) is 5.75. The number of aliphatic hydroxyl groups is 1. The monoisotopic (exact) mass is 264 g/mol. The van der Waals surface area contributed by atoms with Gasteiger partial charge in [0, 0.05) is 6.42 Å². The lowest BCUT2D eigenvalue weighted by Gasteiger charge is -2.12. The maximum atomic E-state index is 13.3. The van der Waals surface area contributed by atoms with Gasteiger partial charge < -0.3 is 5.11 Å². The van der Waals surface area contributed by atoms with Crippen LogP contribution in [0.3, 0.4) is 0 Å². The summed E-state index contributed by atoms with van der Waals surface area (Å²) in [6, 6.07) is 12.3. The summed E-state index contributed by atoms with van der Waals surface area (Å²) in [5.74, 6) is -0.453. The lowest BCUT2D eigenvalue weighted by Crippen LogP contribution is -2.02. The molecule has 1 atom stereocenters. The molecule has 0 fully saturated rings. The second-order valence-corrected chi connectivity index (χ2v) is 4.79. The average molecular weight is 265 g/mol. The third-order valence-corrected chi connectivity index (χ3v) is 3.15. The van der Waals surface area contributed by atoms with Crippen LogP contribution in [0.2, 0.25) is 5.02 Å². The Balaban J connectivity index is 2.16. The molecule has 18 heavy (non-hydrogen) atoms. The Labute approximate surface area is 111 Å². The number of benzene rings is 2. The summed E-state index contributed by atoms with van der Waals surface area (Å²) >= 11 is 5.62. The van der Waals surface area contributed by atoms with E-state index >= 15 is 0 Å². The fourth-order valence-electron chi connectivity index (χ4n) is 1.89. The molecule has 2 rings (SSSR count). The Morgan fingerprint density at radius 1 is 1.22 bits per heavy atom. The number of hydrogen-bond donors (Lipinski definition) is 1. The van der Waals surface area contributed by atoms with Crippen molar-refractivity contribution in [2.45, 2.75) is 19.4 Å². The highest BCUT2D eigenvalue weighted by Gasteiger charge is 2.10. The average Bonchev–Trinajstić information content (AvgIpc) is 2.34. The lowest BCUT2D eigenvalue weighted by atomic mass is 10.00. The van der Waals surface area contributed by atoms with E-state index in [0.29, 0.717) is 6.42 Å². The van der Waals surface area contributed by atoms with Gasteiger partial charge in [0.15, 0.2) is 0 Å². The van der Waals surface area contributed by atoms with Crippen molar-refractivity contribution in [2.75, 3.05) is 0 Å². The Bertz CT molecular complexity index is 554. The number of aliphatic hydroxyl groups excluding tert-OH is 1. The van der Waals surface area contributed by atoms with Crippen molar-refractivity contribution in [1.82, 2.24) is 0 Å². The smallest absolute Gasteiger partial charge is 0.142 e. The minimum Gasteiger partial charge on any atom is -0.388 e. The molecule has 0 saturated carbocycles. The van der Waals surface area contributed by atoms with E-state index in [0.717, 1.165) is 16.7 Å². The number of halogens is 2. The fraction of sp³-hybridized carbons (Fsp3) is 0.200. The molecule has 0 spiro atoms. The van der Waals surface area contributed by atoms with Crippen LogP contribution >= 0.6 is 11.6 Å². The Morgan fingerprint density at radius 2 is 2.00 bits per heavy atom. The van der Waals surface area contributed by atoms with E-state index in [1.165, 1.54) is 12.1 Å². The van der Waals surface area contributed by atoms with Crippen molar-refractivity contribution in [3.63, 3.8) is 0 Å². The van der Waals surface area contributed by atoms with Gasteiger partial charge in [-0.1, -0.05) is 47.5 Å². The summed E-state index contributed by atoms with van der Waals surface area (Å²) < 4.78 is 13.3. The molecule has 3 heteroatoms. The zero-order chi connectivity index (χ0) is 13.1. The summed E-state index contributed by atoms with van der Waals surface area (Å²) in [5.41, 5.74) is 2.66. The molecule has 0 heterocycles. The van der Waals surface area contributed by atoms with Crippen LogP contribution in [0.15, 0.2) is 42.5 Å². The van der Waals surface area contributed by atoms with Crippen LogP contribution in [0, 0.1) is 12.7 Å². The zero-order valence-corrected chi connectivity index (χ0v) is 10.8. The molecule has 0 saturated heterocycles. The van der Waals surface area contributed by atoms with Crippen LogP contribution in [-0.2, 0) is 6.42 Å². The molecule has 0 aliphatic carbocycles.